The molecule has 0 radical (unpaired) electrons. The van der Waals surface area contributed by atoms with Gasteiger partial charge >= 0.3 is 6.18 Å². The Kier molecular flexibility index (Phi) is 4.24. The van der Waals surface area contributed by atoms with Crippen LogP contribution in [0.2, 0.25) is 10.0 Å². The number of alkyl halides is 4. The molecule has 0 saturated heterocycles. The van der Waals surface area contributed by atoms with Gasteiger partial charge in [-0.15, -0.1) is 0 Å². The monoisotopic (exact) mass is 338 g/mol. The van der Waals surface area contributed by atoms with Gasteiger partial charge in [0.1, 0.15) is 0 Å². The van der Waals surface area contributed by atoms with Crippen molar-refractivity contribution in [1.29, 1.82) is 0 Å². The van der Waals surface area contributed by atoms with E-state index in [-0.39, 0.29) is 11.1 Å². The second-order valence-electron chi connectivity index (χ2n) is 4.17. The molecule has 0 amide bonds. The Morgan fingerprint density at radius 3 is 1.20 bits per heavy atom. The van der Waals surface area contributed by atoms with Crippen LogP contribution in [0.3, 0.4) is 0 Å². The molecule has 6 heteroatoms. The molecule has 2 aromatic carbocycles. The molecule has 0 aromatic heterocycles. The fourth-order valence-electron chi connectivity index (χ4n) is 1.85. The third-order valence-electron chi connectivity index (χ3n) is 2.87. The summed E-state index contributed by atoms with van der Waals surface area (Å²) < 4.78 is 40.4. The molecule has 0 heterocycles. The van der Waals surface area contributed by atoms with Crippen molar-refractivity contribution in [2.45, 2.75) is 11.1 Å². The van der Waals surface area contributed by atoms with Crippen molar-refractivity contribution in [3.05, 3.63) is 69.7 Å². The van der Waals surface area contributed by atoms with Gasteiger partial charge in [0.25, 0.3) is 0 Å². The van der Waals surface area contributed by atoms with Crippen LogP contribution in [0.4, 0.5) is 13.2 Å². The van der Waals surface area contributed by atoms with Gasteiger partial charge in [-0.1, -0.05) is 59.1 Å². The summed E-state index contributed by atoms with van der Waals surface area (Å²) in [5, 5.41) is 0.678. The van der Waals surface area contributed by atoms with Crippen molar-refractivity contribution < 1.29 is 13.2 Å². The van der Waals surface area contributed by atoms with Crippen LogP contribution in [0, 0.1) is 0 Å². The van der Waals surface area contributed by atoms with Gasteiger partial charge in [-0.25, -0.2) is 0 Å². The molecule has 0 spiro atoms. The quantitative estimate of drug-likeness (QED) is 0.585. The van der Waals surface area contributed by atoms with E-state index in [1.807, 2.05) is 0 Å². The molecule has 0 N–H and O–H groups in total. The minimum Gasteiger partial charge on any atom is -0.168 e. The van der Waals surface area contributed by atoms with Gasteiger partial charge in [-0.05, 0) is 35.4 Å². The lowest BCUT2D eigenvalue weighted by atomic mass is 9.90. The predicted molar refractivity (Wildman–Crippen MR) is 75.6 cm³/mol. The maximum atomic E-state index is 13.5. The van der Waals surface area contributed by atoms with Gasteiger partial charge in [-0.2, -0.15) is 13.2 Å². The zero-order valence-corrected chi connectivity index (χ0v) is 12.2. The van der Waals surface area contributed by atoms with E-state index in [0.29, 0.717) is 10.0 Å². The first-order chi connectivity index (χ1) is 9.25. The number of rotatable bonds is 2. The minimum absolute atomic E-state index is 0.0987. The Bertz CT molecular complexity index is 543. The molecule has 0 bridgehead atoms. The lowest BCUT2D eigenvalue weighted by Gasteiger charge is -2.30. The summed E-state index contributed by atoms with van der Waals surface area (Å²) in [6, 6.07) is 10.5. The largest absolute Gasteiger partial charge is 0.415 e. The molecule has 106 valence electrons. The summed E-state index contributed by atoms with van der Waals surface area (Å²) >= 11 is 17.4. The topological polar surface area (TPSA) is 0 Å². The maximum Gasteiger partial charge on any atom is 0.415 e. The summed E-state index contributed by atoms with van der Waals surface area (Å²) in [7, 11) is 0. The number of hydrogen-bond donors (Lipinski definition) is 0. The lowest BCUT2D eigenvalue weighted by Crippen LogP contribution is -2.38. The number of benzene rings is 2. The lowest BCUT2D eigenvalue weighted by molar-refractivity contribution is -0.154. The summed E-state index contributed by atoms with van der Waals surface area (Å²) in [6.45, 7) is 0. The van der Waals surface area contributed by atoms with Gasteiger partial charge in [-0.3, -0.25) is 0 Å². The predicted octanol–water partition coefficient (Wildman–Crippen LogP) is 6.04. The molecule has 0 nitrogen and oxygen atoms in total. The van der Waals surface area contributed by atoms with Crippen LogP contribution in [-0.2, 0) is 4.87 Å². The van der Waals surface area contributed by atoms with Crippen LogP contribution in [0.1, 0.15) is 11.1 Å². The molecule has 0 fully saturated rings. The van der Waals surface area contributed by atoms with Gasteiger partial charge in [0.15, 0.2) is 4.87 Å². The second kappa shape index (κ2) is 5.47. The standard InChI is InChI=1S/C14H8Cl3F3/c15-11-5-1-9(2-6-11)13(17,14(18,19)20)10-3-7-12(16)8-4-10/h1-8H. The molecule has 0 unspecified atom stereocenters. The third-order valence-corrected chi connectivity index (χ3v) is 4.03. The van der Waals surface area contributed by atoms with Crippen LogP contribution >= 0.6 is 34.8 Å². The Morgan fingerprint density at radius 2 is 0.950 bits per heavy atom. The number of halogens is 6. The van der Waals surface area contributed by atoms with Crippen LogP contribution < -0.4 is 0 Å². The van der Waals surface area contributed by atoms with Crippen molar-refractivity contribution in [3.63, 3.8) is 0 Å². The van der Waals surface area contributed by atoms with Crippen LogP contribution in [0.15, 0.2) is 48.5 Å². The Morgan fingerprint density at radius 1 is 0.650 bits per heavy atom. The molecule has 0 atom stereocenters. The molecule has 2 rings (SSSR count). The van der Waals surface area contributed by atoms with E-state index in [4.69, 9.17) is 34.8 Å². The first kappa shape index (κ1) is 15.5. The van der Waals surface area contributed by atoms with E-state index in [1.165, 1.54) is 48.5 Å². The summed E-state index contributed by atoms with van der Waals surface area (Å²) in [6.07, 6.45) is -4.67. The zero-order valence-electron chi connectivity index (χ0n) is 9.89. The average molecular weight is 340 g/mol. The molecular formula is C14H8Cl3F3. The highest BCUT2D eigenvalue weighted by atomic mass is 35.5. The Balaban J connectivity index is 2.62. The fraction of sp³-hybridized carbons (Fsp3) is 0.143. The van der Waals surface area contributed by atoms with Crippen LogP contribution in [0.5, 0.6) is 0 Å². The van der Waals surface area contributed by atoms with Gasteiger partial charge in [0, 0.05) is 10.0 Å². The molecule has 0 aliphatic carbocycles. The summed E-state index contributed by atoms with van der Waals surface area (Å²) in [4.78, 5) is -2.64. The smallest absolute Gasteiger partial charge is 0.168 e. The molecular weight excluding hydrogens is 332 g/mol. The van der Waals surface area contributed by atoms with Crippen molar-refractivity contribution >= 4 is 34.8 Å². The van der Waals surface area contributed by atoms with Gasteiger partial charge in [0.2, 0.25) is 0 Å². The first-order valence-corrected chi connectivity index (χ1v) is 6.66. The Hall–Kier alpha value is -0.900. The fourth-order valence-corrected chi connectivity index (χ4v) is 2.36. The molecule has 0 saturated carbocycles. The van der Waals surface area contributed by atoms with Crippen molar-refractivity contribution in [2.75, 3.05) is 0 Å². The van der Waals surface area contributed by atoms with E-state index < -0.39 is 11.1 Å². The minimum atomic E-state index is -4.67. The van der Waals surface area contributed by atoms with E-state index in [9.17, 15) is 13.2 Å². The molecule has 20 heavy (non-hydrogen) atoms. The van der Waals surface area contributed by atoms with E-state index in [1.54, 1.807) is 0 Å². The highest BCUT2D eigenvalue weighted by Crippen LogP contribution is 2.49. The summed E-state index contributed by atoms with van der Waals surface area (Å²) in [5.41, 5.74) is -0.197. The normalized spacial score (nSPS) is 12.5. The second-order valence-corrected chi connectivity index (χ2v) is 5.61. The highest BCUT2D eigenvalue weighted by Gasteiger charge is 2.56. The SMILES string of the molecule is FC(F)(F)C(Cl)(c1ccc(Cl)cc1)c1ccc(Cl)cc1. The van der Waals surface area contributed by atoms with Crippen LogP contribution in [0.25, 0.3) is 0 Å². The highest BCUT2D eigenvalue weighted by molar-refractivity contribution is 6.31. The molecule has 0 aliphatic rings. The maximum absolute atomic E-state index is 13.5. The van der Waals surface area contributed by atoms with Gasteiger partial charge in [0.05, 0.1) is 0 Å². The van der Waals surface area contributed by atoms with Gasteiger partial charge < -0.3 is 0 Å². The average Bonchev–Trinajstić information content (AvgIpc) is 2.38. The number of hydrogen-bond acceptors (Lipinski definition) is 0. The third kappa shape index (κ3) is 2.76. The van der Waals surface area contributed by atoms with E-state index in [0.717, 1.165) is 0 Å². The Labute approximate surface area is 129 Å². The van der Waals surface area contributed by atoms with E-state index >= 15 is 0 Å². The zero-order chi connectivity index (χ0) is 15.0. The van der Waals surface area contributed by atoms with E-state index in [2.05, 4.69) is 0 Å². The summed E-state index contributed by atoms with van der Waals surface area (Å²) in [5.74, 6) is 0. The van der Waals surface area contributed by atoms with Crippen molar-refractivity contribution in [2.24, 2.45) is 0 Å². The van der Waals surface area contributed by atoms with Crippen LogP contribution in [-0.4, -0.2) is 6.18 Å². The van der Waals surface area contributed by atoms with Crippen molar-refractivity contribution in [1.82, 2.24) is 0 Å². The molecule has 2 aromatic rings. The molecule has 0 aliphatic heterocycles. The first-order valence-electron chi connectivity index (χ1n) is 5.53. The van der Waals surface area contributed by atoms with Crippen molar-refractivity contribution in [3.8, 4) is 0 Å².